The van der Waals surface area contributed by atoms with Crippen molar-refractivity contribution >= 4 is 48.0 Å². The summed E-state index contributed by atoms with van der Waals surface area (Å²) in [5.41, 5.74) is 0. The summed E-state index contributed by atoms with van der Waals surface area (Å²) in [7, 11) is 0. The molecule has 0 aromatic heterocycles. The van der Waals surface area contributed by atoms with Crippen molar-refractivity contribution in [3.63, 3.8) is 0 Å². The third-order valence-corrected chi connectivity index (χ3v) is 4.06. The van der Waals surface area contributed by atoms with Crippen molar-refractivity contribution < 1.29 is 0 Å². The normalized spacial score (nSPS) is 11.1. The molecule has 79 valence electrons. The summed E-state index contributed by atoms with van der Waals surface area (Å²) >= 11 is 8.06. The Kier molecular flexibility index (Phi) is 13.0. The van der Waals surface area contributed by atoms with Crippen molar-refractivity contribution in [2.24, 2.45) is 0 Å². The molecule has 0 aliphatic heterocycles. The van der Waals surface area contributed by atoms with E-state index in [1.54, 1.807) is 0 Å². The molecule has 0 saturated carbocycles. The van der Waals surface area contributed by atoms with E-state index >= 15 is 0 Å². The average molecular weight is 378 g/mol. The summed E-state index contributed by atoms with van der Waals surface area (Å²) in [6, 6.07) is 0. The molecule has 1 radical (unpaired) electrons. The van der Waals surface area contributed by atoms with E-state index in [4.69, 9.17) is 0 Å². The van der Waals surface area contributed by atoms with Gasteiger partial charge in [-0.1, -0.05) is 0 Å². The number of hydrogen-bond acceptors (Lipinski definition) is 0. The molecular weight excluding hydrogens is 357 g/mol. The molecule has 3 heteroatoms. The molecule has 0 spiro atoms. The van der Waals surface area contributed by atoms with Crippen LogP contribution in [0, 0.1) is 5.92 Å². The van der Waals surface area contributed by atoms with Gasteiger partial charge in [0, 0.05) is 0 Å². The molecule has 0 amide bonds. The third-order valence-electron chi connectivity index (χ3n) is 2.07. The maximum atomic E-state index is 2.69. The van der Waals surface area contributed by atoms with E-state index < -0.39 is 0 Å². The van der Waals surface area contributed by atoms with Gasteiger partial charge < -0.3 is 0 Å². The molecule has 0 rings (SSSR count). The zero-order chi connectivity index (χ0) is 9.94. The Balaban J connectivity index is 3.47. The monoisotopic (exact) mass is 381 g/mol. The molecule has 13 heavy (non-hydrogen) atoms. The first-order valence-electron chi connectivity index (χ1n) is 5.01. The van der Waals surface area contributed by atoms with E-state index in [9.17, 15) is 0 Å². The molecule has 0 aromatic rings. The van der Waals surface area contributed by atoms with Gasteiger partial charge in [0.1, 0.15) is 0 Å². The van der Waals surface area contributed by atoms with E-state index in [1.165, 1.54) is 54.5 Å². The van der Waals surface area contributed by atoms with Gasteiger partial charge in [0.05, 0.1) is 0 Å². The molecule has 0 unspecified atom stereocenters. The molecule has 0 aromatic carbocycles. The average Bonchev–Trinajstić information content (AvgIpc) is 2.17. The standard InChI is InChI=1S/C10H21Se3/c11-7-1-4-10(5-2-8-12)6-3-9-13/h11-13H,1-9H2. The van der Waals surface area contributed by atoms with E-state index in [1.807, 2.05) is 5.92 Å². The summed E-state index contributed by atoms with van der Waals surface area (Å²) in [5, 5.41) is 3.84. The second-order valence-corrected chi connectivity index (χ2v) is 6.05. The number of hydrogen-bond donors (Lipinski definition) is 0. The summed E-state index contributed by atoms with van der Waals surface area (Å²) in [5.74, 6) is 1.81. The van der Waals surface area contributed by atoms with Gasteiger partial charge in [-0.3, -0.25) is 0 Å². The minimum atomic E-state index is 1.28. The van der Waals surface area contributed by atoms with Gasteiger partial charge in [0.2, 0.25) is 0 Å². The van der Waals surface area contributed by atoms with Crippen molar-refractivity contribution in [1.82, 2.24) is 0 Å². The summed E-state index contributed by atoms with van der Waals surface area (Å²) < 4.78 is 0. The molecule has 0 aliphatic carbocycles. The minimum absolute atomic E-state index is 1.28. The van der Waals surface area contributed by atoms with Gasteiger partial charge >= 0.3 is 108 Å². The van der Waals surface area contributed by atoms with Crippen LogP contribution in [-0.4, -0.2) is 48.0 Å². The predicted molar refractivity (Wildman–Crippen MR) is 66.8 cm³/mol. The van der Waals surface area contributed by atoms with Gasteiger partial charge in [-0.05, 0) is 0 Å². The second kappa shape index (κ2) is 11.6. The van der Waals surface area contributed by atoms with Crippen LogP contribution in [-0.2, 0) is 0 Å². The van der Waals surface area contributed by atoms with Crippen LogP contribution in [0.2, 0.25) is 16.0 Å². The zero-order valence-corrected chi connectivity index (χ0v) is 13.8. The zero-order valence-electron chi connectivity index (χ0n) is 8.21. The van der Waals surface area contributed by atoms with Crippen molar-refractivity contribution in [3.05, 3.63) is 5.92 Å². The van der Waals surface area contributed by atoms with Gasteiger partial charge in [0.15, 0.2) is 0 Å². The van der Waals surface area contributed by atoms with Crippen LogP contribution in [0.4, 0.5) is 0 Å². The fourth-order valence-corrected chi connectivity index (χ4v) is 2.36. The molecule has 0 heterocycles. The van der Waals surface area contributed by atoms with Crippen LogP contribution in [0.5, 0.6) is 0 Å². The first-order valence-corrected chi connectivity index (χ1v) is 8.99. The van der Waals surface area contributed by atoms with Crippen molar-refractivity contribution in [1.29, 1.82) is 0 Å². The van der Waals surface area contributed by atoms with E-state index in [0.29, 0.717) is 0 Å². The van der Waals surface area contributed by atoms with Gasteiger partial charge in [0.25, 0.3) is 0 Å². The Morgan fingerprint density at radius 2 is 0.923 bits per heavy atom. The molecule has 0 saturated heterocycles. The Morgan fingerprint density at radius 1 is 0.615 bits per heavy atom. The van der Waals surface area contributed by atoms with Crippen LogP contribution in [0.1, 0.15) is 38.5 Å². The molecule has 0 nitrogen and oxygen atoms in total. The Morgan fingerprint density at radius 3 is 1.15 bits per heavy atom. The summed E-state index contributed by atoms with van der Waals surface area (Å²) in [4.78, 5) is 0. The van der Waals surface area contributed by atoms with Crippen LogP contribution in [0.25, 0.3) is 0 Å². The first kappa shape index (κ1) is 14.6. The van der Waals surface area contributed by atoms with E-state index in [0.717, 1.165) is 0 Å². The van der Waals surface area contributed by atoms with Crippen molar-refractivity contribution in [3.8, 4) is 0 Å². The first-order chi connectivity index (χ1) is 6.35. The summed E-state index contributed by atoms with van der Waals surface area (Å²) in [6.45, 7) is 0. The second-order valence-electron chi connectivity index (χ2n) is 3.23. The fourth-order valence-electron chi connectivity index (χ4n) is 1.36. The fraction of sp³-hybridized carbons (Fsp3) is 0.900. The van der Waals surface area contributed by atoms with Crippen molar-refractivity contribution in [2.75, 3.05) is 0 Å². The van der Waals surface area contributed by atoms with E-state index in [2.05, 4.69) is 48.0 Å². The summed E-state index contributed by atoms with van der Waals surface area (Å²) in [6.07, 6.45) is 8.21. The Bertz CT molecular complexity index is 77.2. The predicted octanol–water partition coefficient (Wildman–Crippen LogP) is 1.86. The van der Waals surface area contributed by atoms with Crippen LogP contribution in [0.3, 0.4) is 0 Å². The molecule has 0 N–H and O–H groups in total. The SMILES string of the molecule is [SeH]CCC[C](CCC[SeH])CCC[SeH]. The van der Waals surface area contributed by atoms with E-state index in [-0.39, 0.29) is 0 Å². The third kappa shape index (κ3) is 9.85. The number of rotatable bonds is 9. The van der Waals surface area contributed by atoms with Crippen LogP contribution >= 0.6 is 0 Å². The van der Waals surface area contributed by atoms with Crippen LogP contribution < -0.4 is 0 Å². The molecule has 0 fully saturated rings. The molecular formula is C10H21Se3. The molecule has 0 atom stereocenters. The quantitative estimate of drug-likeness (QED) is 0.538. The van der Waals surface area contributed by atoms with Gasteiger partial charge in [-0.15, -0.1) is 0 Å². The van der Waals surface area contributed by atoms with Gasteiger partial charge in [-0.25, -0.2) is 0 Å². The van der Waals surface area contributed by atoms with Gasteiger partial charge in [-0.2, -0.15) is 0 Å². The topological polar surface area (TPSA) is 0 Å². The molecule has 0 aliphatic rings. The van der Waals surface area contributed by atoms with Crippen LogP contribution in [0.15, 0.2) is 0 Å². The Labute approximate surface area is 108 Å². The molecule has 0 bridgehead atoms. The Hall–Kier alpha value is 1.56. The van der Waals surface area contributed by atoms with Crippen molar-refractivity contribution in [2.45, 2.75) is 54.5 Å². The maximum absolute atomic E-state index is 2.69.